The van der Waals surface area contributed by atoms with Gasteiger partial charge >= 0.3 is 6.18 Å². The van der Waals surface area contributed by atoms with E-state index in [0.29, 0.717) is 29.8 Å². The molecule has 10 heteroatoms. The van der Waals surface area contributed by atoms with Gasteiger partial charge in [-0.25, -0.2) is 0 Å². The van der Waals surface area contributed by atoms with Crippen LogP contribution in [-0.2, 0) is 17.5 Å². The zero-order valence-electron chi connectivity index (χ0n) is 19.4. The second kappa shape index (κ2) is 11.3. The second-order valence-corrected chi connectivity index (χ2v) is 9.57. The van der Waals surface area contributed by atoms with Crippen molar-refractivity contribution in [2.24, 2.45) is 0 Å². The Morgan fingerprint density at radius 1 is 1.21 bits per heavy atom. The first-order valence-corrected chi connectivity index (χ1v) is 12.4. The molecule has 182 valence electrons. The maximum atomic E-state index is 13.0. The van der Waals surface area contributed by atoms with Crippen molar-refractivity contribution >= 4 is 23.4 Å². The van der Waals surface area contributed by atoms with Crippen molar-refractivity contribution in [2.45, 2.75) is 82.0 Å². The summed E-state index contributed by atoms with van der Waals surface area (Å²) in [6.07, 6.45) is 1.02. The van der Waals surface area contributed by atoms with Crippen molar-refractivity contribution in [3.8, 4) is 0 Å². The molecule has 33 heavy (non-hydrogen) atoms. The van der Waals surface area contributed by atoms with Crippen molar-refractivity contribution in [3.05, 3.63) is 35.7 Å². The SMILES string of the molecule is CCN(CC)C(=O)C(C)Sc1nnc(CNc2cccc(C(F)(F)F)c2)n1C1CCCCC1. The van der Waals surface area contributed by atoms with Crippen molar-refractivity contribution in [1.82, 2.24) is 19.7 Å². The molecule has 0 spiro atoms. The average Bonchev–Trinajstić information content (AvgIpc) is 3.20. The van der Waals surface area contributed by atoms with E-state index >= 15 is 0 Å². The summed E-state index contributed by atoms with van der Waals surface area (Å²) in [5, 5.41) is 12.2. The number of nitrogens with one attached hydrogen (secondary N) is 1. The Labute approximate surface area is 197 Å². The van der Waals surface area contributed by atoms with E-state index in [1.54, 1.807) is 11.0 Å². The predicted octanol–water partition coefficient (Wildman–Crippen LogP) is 5.76. The Balaban J connectivity index is 1.80. The molecule has 1 aliphatic carbocycles. The van der Waals surface area contributed by atoms with Crippen LogP contribution < -0.4 is 5.32 Å². The first kappa shape index (κ1) is 25.4. The molecular formula is C23H32F3N5OS. The third kappa shape index (κ3) is 6.43. The number of aromatic nitrogens is 3. The highest BCUT2D eigenvalue weighted by Gasteiger charge is 2.31. The van der Waals surface area contributed by atoms with Crippen molar-refractivity contribution in [1.29, 1.82) is 0 Å². The van der Waals surface area contributed by atoms with Gasteiger partial charge in [0.15, 0.2) is 11.0 Å². The molecule has 1 atom stereocenters. The van der Waals surface area contributed by atoms with Gasteiger partial charge in [-0.05, 0) is 51.8 Å². The lowest BCUT2D eigenvalue weighted by Gasteiger charge is -2.27. The molecule has 0 saturated heterocycles. The minimum Gasteiger partial charge on any atom is -0.378 e. The van der Waals surface area contributed by atoms with E-state index in [4.69, 9.17) is 0 Å². The van der Waals surface area contributed by atoms with E-state index in [9.17, 15) is 18.0 Å². The number of carbonyl (C=O) groups excluding carboxylic acids is 1. The van der Waals surface area contributed by atoms with E-state index in [1.165, 1.54) is 24.2 Å². The third-order valence-corrected chi connectivity index (χ3v) is 7.06. The molecule has 1 N–H and O–H groups in total. The predicted molar refractivity (Wildman–Crippen MR) is 124 cm³/mol. The lowest BCUT2D eigenvalue weighted by molar-refractivity contribution is -0.137. The van der Waals surface area contributed by atoms with Gasteiger partial charge in [0.05, 0.1) is 17.4 Å². The fourth-order valence-corrected chi connectivity index (χ4v) is 5.22. The summed E-state index contributed by atoms with van der Waals surface area (Å²) in [5.74, 6) is 0.733. The molecule has 1 unspecified atom stereocenters. The third-order valence-electron chi connectivity index (χ3n) is 6.02. The van der Waals surface area contributed by atoms with E-state index in [2.05, 4.69) is 20.1 Å². The molecule has 1 aliphatic rings. The van der Waals surface area contributed by atoms with Gasteiger partial charge in [-0.15, -0.1) is 10.2 Å². The number of anilines is 1. The molecule has 3 rings (SSSR count). The normalized spacial score (nSPS) is 15.9. The molecule has 2 aromatic rings. The van der Waals surface area contributed by atoms with Gasteiger partial charge in [-0.3, -0.25) is 4.79 Å². The highest BCUT2D eigenvalue weighted by atomic mass is 32.2. The van der Waals surface area contributed by atoms with E-state index in [0.717, 1.165) is 37.8 Å². The van der Waals surface area contributed by atoms with Crippen molar-refractivity contribution in [2.75, 3.05) is 18.4 Å². The van der Waals surface area contributed by atoms with Crippen LogP contribution in [0, 0.1) is 0 Å². The monoisotopic (exact) mass is 483 g/mol. The summed E-state index contributed by atoms with van der Waals surface area (Å²) in [6.45, 7) is 7.36. The van der Waals surface area contributed by atoms with Gasteiger partial charge < -0.3 is 14.8 Å². The Kier molecular flexibility index (Phi) is 8.67. The number of benzene rings is 1. The number of hydrogen-bond acceptors (Lipinski definition) is 5. The van der Waals surface area contributed by atoms with Gasteiger partial charge in [0.25, 0.3) is 0 Å². The summed E-state index contributed by atoms with van der Waals surface area (Å²) >= 11 is 1.40. The Morgan fingerprint density at radius 2 is 1.91 bits per heavy atom. The van der Waals surface area contributed by atoms with Crippen LogP contribution in [0.2, 0.25) is 0 Å². The number of rotatable bonds is 9. The number of halogens is 3. The van der Waals surface area contributed by atoms with E-state index in [-0.39, 0.29) is 23.7 Å². The summed E-state index contributed by atoms with van der Waals surface area (Å²) in [6, 6.07) is 5.38. The molecule has 1 aromatic carbocycles. The summed E-state index contributed by atoms with van der Waals surface area (Å²) < 4.78 is 41.2. The Bertz CT molecular complexity index is 923. The number of thioether (sulfide) groups is 1. The molecule has 0 radical (unpaired) electrons. The zero-order chi connectivity index (χ0) is 24.0. The van der Waals surface area contributed by atoms with E-state index < -0.39 is 11.7 Å². The molecule has 6 nitrogen and oxygen atoms in total. The summed E-state index contributed by atoms with van der Waals surface area (Å²) in [5.41, 5.74) is -0.316. The van der Waals surface area contributed by atoms with E-state index in [1.807, 2.05) is 20.8 Å². The molecule has 1 heterocycles. The number of alkyl halides is 3. The second-order valence-electron chi connectivity index (χ2n) is 8.26. The lowest BCUT2D eigenvalue weighted by Crippen LogP contribution is -2.36. The molecule has 0 aliphatic heterocycles. The van der Waals surface area contributed by atoms with Crippen molar-refractivity contribution < 1.29 is 18.0 Å². The number of nitrogens with zero attached hydrogens (tertiary/aromatic N) is 4. The molecular weight excluding hydrogens is 451 g/mol. The fraction of sp³-hybridized carbons (Fsp3) is 0.609. The largest absolute Gasteiger partial charge is 0.416 e. The standard InChI is InChI=1S/C23H32F3N5OS/c1-4-30(5-2)21(32)16(3)33-22-29-28-20(31(22)19-12-7-6-8-13-19)15-27-18-11-9-10-17(14-18)23(24,25)26/h9-11,14,16,19,27H,4-8,12-13,15H2,1-3H3. The topological polar surface area (TPSA) is 63.1 Å². The van der Waals surface area contributed by atoms with Crippen LogP contribution in [0.3, 0.4) is 0 Å². The van der Waals surface area contributed by atoms with Gasteiger partial charge in [0, 0.05) is 24.8 Å². The number of hydrogen-bond donors (Lipinski definition) is 1. The highest BCUT2D eigenvalue weighted by Crippen LogP contribution is 2.35. The smallest absolute Gasteiger partial charge is 0.378 e. The van der Waals surface area contributed by atoms with Gasteiger partial charge in [0.1, 0.15) is 0 Å². The quantitative estimate of drug-likeness (QED) is 0.459. The van der Waals surface area contributed by atoms with Crippen LogP contribution in [0.15, 0.2) is 29.4 Å². The Hall–Kier alpha value is -2.23. The maximum absolute atomic E-state index is 13.0. The van der Waals surface area contributed by atoms with Crippen LogP contribution in [0.25, 0.3) is 0 Å². The highest BCUT2D eigenvalue weighted by molar-refractivity contribution is 8.00. The van der Waals surface area contributed by atoms with Gasteiger partial charge in [-0.2, -0.15) is 13.2 Å². The first-order valence-electron chi connectivity index (χ1n) is 11.5. The van der Waals surface area contributed by atoms with Gasteiger partial charge in [0.2, 0.25) is 5.91 Å². The number of amides is 1. The van der Waals surface area contributed by atoms with Crippen LogP contribution in [0.4, 0.5) is 18.9 Å². The minimum absolute atomic E-state index is 0.0619. The van der Waals surface area contributed by atoms with Crippen LogP contribution in [0.5, 0.6) is 0 Å². The lowest BCUT2D eigenvalue weighted by atomic mass is 9.95. The van der Waals surface area contributed by atoms with Gasteiger partial charge in [-0.1, -0.05) is 37.1 Å². The molecule has 1 amide bonds. The zero-order valence-corrected chi connectivity index (χ0v) is 20.2. The minimum atomic E-state index is -4.39. The van der Waals surface area contributed by atoms with Crippen molar-refractivity contribution in [3.63, 3.8) is 0 Å². The summed E-state index contributed by atoms with van der Waals surface area (Å²) in [4.78, 5) is 14.6. The fourth-order valence-electron chi connectivity index (χ4n) is 4.20. The molecule has 1 fully saturated rings. The molecule has 1 saturated carbocycles. The first-order chi connectivity index (χ1) is 15.7. The Morgan fingerprint density at radius 3 is 2.55 bits per heavy atom. The maximum Gasteiger partial charge on any atom is 0.416 e. The van der Waals surface area contributed by atoms with Crippen LogP contribution in [-0.4, -0.2) is 43.9 Å². The van der Waals surface area contributed by atoms with Crippen LogP contribution >= 0.6 is 11.8 Å². The molecule has 1 aromatic heterocycles. The van der Waals surface area contributed by atoms with Crippen LogP contribution in [0.1, 0.15) is 70.3 Å². The number of carbonyl (C=O) groups is 1. The molecule has 0 bridgehead atoms. The summed E-state index contributed by atoms with van der Waals surface area (Å²) in [7, 11) is 0. The average molecular weight is 484 g/mol.